The topological polar surface area (TPSA) is 66.6 Å². The standard InChI is InChI=1S/C13H18N2O2/c14-12-6-7-15(9-11(12)13(16)17)8-10-4-2-1-3-5-10/h1-5,11-12H,6-9,14H2,(H,16,17). The van der Waals surface area contributed by atoms with Gasteiger partial charge in [0.15, 0.2) is 0 Å². The van der Waals surface area contributed by atoms with Crippen LogP contribution in [-0.4, -0.2) is 35.1 Å². The Morgan fingerprint density at radius 1 is 1.41 bits per heavy atom. The Hall–Kier alpha value is -1.39. The van der Waals surface area contributed by atoms with Crippen LogP contribution in [0.25, 0.3) is 0 Å². The van der Waals surface area contributed by atoms with Gasteiger partial charge in [-0.1, -0.05) is 30.3 Å². The summed E-state index contributed by atoms with van der Waals surface area (Å²) < 4.78 is 0. The average Bonchev–Trinajstić information content (AvgIpc) is 2.32. The molecule has 1 aromatic carbocycles. The zero-order valence-corrected chi connectivity index (χ0v) is 9.75. The lowest BCUT2D eigenvalue weighted by molar-refractivity contribution is -0.144. The molecular formula is C13H18N2O2. The van der Waals surface area contributed by atoms with Crippen LogP contribution in [-0.2, 0) is 11.3 Å². The molecule has 0 radical (unpaired) electrons. The zero-order valence-electron chi connectivity index (χ0n) is 9.75. The quantitative estimate of drug-likeness (QED) is 0.816. The maximum Gasteiger partial charge on any atom is 0.309 e. The second-order valence-corrected chi connectivity index (χ2v) is 4.62. The summed E-state index contributed by atoms with van der Waals surface area (Å²) >= 11 is 0. The third kappa shape index (κ3) is 3.05. The Morgan fingerprint density at radius 3 is 2.76 bits per heavy atom. The van der Waals surface area contributed by atoms with Crippen molar-refractivity contribution >= 4 is 5.97 Å². The van der Waals surface area contributed by atoms with E-state index in [9.17, 15) is 4.79 Å². The number of hydrogen-bond acceptors (Lipinski definition) is 3. The molecule has 1 aromatic rings. The monoisotopic (exact) mass is 234 g/mol. The molecule has 2 atom stereocenters. The molecule has 17 heavy (non-hydrogen) atoms. The first-order valence-corrected chi connectivity index (χ1v) is 5.91. The molecule has 0 amide bonds. The fraction of sp³-hybridized carbons (Fsp3) is 0.462. The van der Waals surface area contributed by atoms with E-state index in [1.165, 1.54) is 5.56 Å². The second kappa shape index (κ2) is 5.29. The van der Waals surface area contributed by atoms with Gasteiger partial charge < -0.3 is 10.8 Å². The number of carbonyl (C=O) groups is 1. The first-order valence-electron chi connectivity index (χ1n) is 5.91. The smallest absolute Gasteiger partial charge is 0.309 e. The zero-order chi connectivity index (χ0) is 12.3. The third-order valence-corrected chi connectivity index (χ3v) is 3.32. The number of piperidine rings is 1. The molecule has 1 saturated heterocycles. The summed E-state index contributed by atoms with van der Waals surface area (Å²) in [5.74, 6) is -1.22. The van der Waals surface area contributed by atoms with Crippen molar-refractivity contribution < 1.29 is 9.90 Å². The summed E-state index contributed by atoms with van der Waals surface area (Å²) in [6.45, 7) is 2.22. The summed E-state index contributed by atoms with van der Waals surface area (Å²) in [5, 5.41) is 9.09. The van der Waals surface area contributed by atoms with Crippen LogP contribution in [0.5, 0.6) is 0 Å². The van der Waals surface area contributed by atoms with Crippen LogP contribution in [0.4, 0.5) is 0 Å². The van der Waals surface area contributed by atoms with Crippen LogP contribution >= 0.6 is 0 Å². The molecule has 92 valence electrons. The predicted molar refractivity (Wildman–Crippen MR) is 65.4 cm³/mol. The SMILES string of the molecule is NC1CCN(Cc2ccccc2)CC1C(=O)O. The number of benzene rings is 1. The second-order valence-electron chi connectivity index (χ2n) is 4.62. The van der Waals surface area contributed by atoms with Crippen LogP contribution in [0.15, 0.2) is 30.3 Å². The van der Waals surface area contributed by atoms with Crippen molar-refractivity contribution in [1.29, 1.82) is 0 Å². The highest BCUT2D eigenvalue weighted by Gasteiger charge is 2.31. The van der Waals surface area contributed by atoms with E-state index in [0.29, 0.717) is 6.54 Å². The van der Waals surface area contributed by atoms with Crippen molar-refractivity contribution in [3.63, 3.8) is 0 Å². The minimum atomic E-state index is -0.782. The van der Waals surface area contributed by atoms with E-state index < -0.39 is 11.9 Å². The number of likely N-dealkylation sites (tertiary alicyclic amines) is 1. The molecule has 0 spiro atoms. The molecule has 1 fully saturated rings. The lowest BCUT2D eigenvalue weighted by Gasteiger charge is -2.34. The molecule has 1 aliphatic heterocycles. The summed E-state index contributed by atoms with van der Waals surface area (Å²) in [6, 6.07) is 9.89. The summed E-state index contributed by atoms with van der Waals surface area (Å²) in [4.78, 5) is 13.2. The normalized spacial score (nSPS) is 25.7. The Balaban J connectivity index is 1.97. The van der Waals surface area contributed by atoms with Gasteiger partial charge in [0, 0.05) is 25.7 Å². The number of carboxylic acid groups (broad SMARTS) is 1. The maximum atomic E-state index is 11.1. The minimum absolute atomic E-state index is 0.209. The van der Waals surface area contributed by atoms with E-state index >= 15 is 0 Å². The van der Waals surface area contributed by atoms with Gasteiger partial charge in [0.1, 0.15) is 0 Å². The van der Waals surface area contributed by atoms with E-state index in [4.69, 9.17) is 10.8 Å². The van der Waals surface area contributed by atoms with Gasteiger partial charge in [-0.05, 0) is 12.0 Å². The molecule has 0 bridgehead atoms. The van der Waals surface area contributed by atoms with Crippen LogP contribution in [0.3, 0.4) is 0 Å². The molecule has 1 heterocycles. The first kappa shape index (κ1) is 12.1. The Labute approximate surface area is 101 Å². The summed E-state index contributed by atoms with van der Waals surface area (Å²) in [7, 11) is 0. The van der Waals surface area contributed by atoms with Crippen LogP contribution in [0.2, 0.25) is 0 Å². The van der Waals surface area contributed by atoms with Gasteiger partial charge in [-0.3, -0.25) is 9.69 Å². The van der Waals surface area contributed by atoms with Crippen LogP contribution in [0.1, 0.15) is 12.0 Å². The van der Waals surface area contributed by atoms with E-state index in [1.54, 1.807) is 0 Å². The highest BCUT2D eigenvalue weighted by Crippen LogP contribution is 2.18. The van der Waals surface area contributed by atoms with Gasteiger partial charge in [0.05, 0.1) is 5.92 Å². The van der Waals surface area contributed by atoms with Gasteiger partial charge in [-0.15, -0.1) is 0 Å². The van der Waals surface area contributed by atoms with Crippen LogP contribution in [0, 0.1) is 5.92 Å². The Bertz CT molecular complexity index is 380. The van der Waals surface area contributed by atoms with E-state index in [-0.39, 0.29) is 6.04 Å². The van der Waals surface area contributed by atoms with Crippen molar-refractivity contribution in [3.8, 4) is 0 Å². The van der Waals surface area contributed by atoms with E-state index in [0.717, 1.165) is 19.5 Å². The van der Waals surface area contributed by atoms with Gasteiger partial charge in [-0.2, -0.15) is 0 Å². The van der Waals surface area contributed by atoms with Crippen molar-refractivity contribution in [2.75, 3.05) is 13.1 Å². The van der Waals surface area contributed by atoms with Gasteiger partial charge in [0.25, 0.3) is 0 Å². The number of nitrogens with zero attached hydrogens (tertiary/aromatic N) is 1. The van der Waals surface area contributed by atoms with Crippen molar-refractivity contribution in [2.24, 2.45) is 11.7 Å². The molecule has 0 aliphatic carbocycles. The fourth-order valence-corrected chi connectivity index (χ4v) is 2.28. The van der Waals surface area contributed by atoms with Gasteiger partial charge in [-0.25, -0.2) is 0 Å². The summed E-state index contributed by atoms with van der Waals surface area (Å²) in [5.41, 5.74) is 7.04. The Kier molecular flexibility index (Phi) is 3.76. The molecule has 0 aromatic heterocycles. The van der Waals surface area contributed by atoms with Gasteiger partial charge >= 0.3 is 5.97 Å². The number of rotatable bonds is 3. The van der Waals surface area contributed by atoms with Gasteiger partial charge in [0.2, 0.25) is 0 Å². The van der Waals surface area contributed by atoms with Crippen molar-refractivity contribution in [2.45, 2.75) is 19.0 Å². The molecule has 0 saturated carbocycles. The number of aliphatic carboxylic acids is 1. The maximum absolute atomic E-state index is 11.1. The van der Waals surface area contributed by atoms with Crippen molar-refractivity contribution in [3.05, 3.63) is 35.9 Å². The summed E-state index contributed by atoms with van der Waals surface area (Å²) in [6.07, 6.45) is 0.754. The van der Waals surface area contributed by atoms with Crippen molar-refractivity contribution in [1.82, 2.24) is 4.90 Å². The largest absolute Gasteiger partial charge is 0.481 e. The van der Waals surface area contributed by atoms with E-state index in [1.807, 2.05) is 18.2 Å². The number of carboxylic acids is 1. The number of nitrogens with two attached hydrogens (primary N) is 1. The fourth-order valence-electron chi connectivity index (χ4n) is 2.28. The lowest BCUT2D eigenvalue weighted by Crippen LogP contribution is -2.49. The molecular weight excluding hydrogens is 216 g/mol. The Morgan fingerprint density at radius 2 is 2.12 bits per heavy atom. The molecule has 1 aliphatic rings. The third-order valence-electron chi connectivity index (χ3n) is 3.32. The highest BCUT2D eigenvalue weighted by atomic mass is 16.4. The van der Waals surface area contributed by atoms with Crippen LogP contribution < -0.4 is 5.73 Å². The molecule has 3 N–H and O–H groups in total. The van der Waals surface area contributed by atoms with E-state index in [2.05, 4.69) is 17.0 Å². The first-order chi connectivity index (χ1) is 8.16. The number of hydrogen-bond donors (Lipinski definition) is 2. The molecule has 2 rings (SSSR count). The average molecular weight is 234 g/mol. The predicted octanol–water partition coefficient (Wildman–Crippen LogP) is 0.920. The minimum Gasteiger partial charge on any atom is -0.481 e. The molecule has 2 unspecified atom stereocenters. The molecule has 4 nitrogen and oxygen atoms in total. The lowest BCUT2D eigenvalue weighted by atomic mass is 9.93. The molecule has 4 heteroatoms. The highest BCUT2D eigenvalue weighted by molar-refractivity contribution is 5.71.